The van der Waals surface area contributed by atoms with E-state index in [1.807, 2.05) is 109 Å². The lowest BCUT2D eigenvalue weighted by molar-refractivity contribution is -0.269. The van der Waals surface area contributed by atoms with E-state index in [9.17, 15) is 4.79 Å². The summed E-state index contributed by atoms with van der Waals surface area (Å²) in [5.41, 5.74) is 2.89. The summed E-state index contributed by atoms with van der Waals surface area (Å²) in [6.45, 7) is 0.508. The van der Waals surface area contributed by atoms with E-state index in [4.69, 9.17) is 63.2 Å². The first-order valence-corrected chi connectivity index (χ1v) is 16.3. The van der Waals surface area contributed by atoms with Gasteiger partial charge >= 0.3 is 6.09 Å². The fraction of sp³-hybridized carbons (Fsp3) is 0.306. The Balaban J connectivity index is 1.46. The van der Waals surface area contributed by atoms with Crippen molar-refractivity contribution in [3.8, 4) is 5.75 Å². The van der Waals surface area contributed by atoms with Gasteiger partial charge in [0, 0.05) is 0 Å². The first-order valence-electron chi connectivity index (χ1n) is 15.1. The number of ether oxygens (including phenoxy) is 6. The number of carbonyl (C=O) groups excluding carboxylic acids is 1. The number of halogens is 3. The molecular weight excluding hydrogens is 665 g/mol. The Hall–Kier alpha value is -3.34. The van der Waals surface area contributed by atoms with Gasteiger partial charge in [-0.2, -0.15) is 0 Å². The smallest absolute Gasteiger partial charge is 0.407 e. The highest BCUT2D eigenvalue weighted by molar-refractivity contribution is 6.67. The Labute approximate surface area is 289 Å². The number of hydrogen-bond donors (Lipinski definition) is 1. The minimum absolute atomic E-state index is 0.151. The molecule has 0 aliphatic carbocycles. The predicted octanol–water partition coefficient (Wildman–Crippen LogP) is 7.64. The van der Waals surface area contributed by atoms with E-state index in [-0.39, 0.29) is 19.8 Å². The van der Waals surface area contributed by atoms with Gasteiger partial charge in [-0.25, -0.2) is 4.79 Å². The number of carbonyl (C=O) groups is 1. The minimum Gasteiger partial charge on any atom is -0.463 e. The van der Waals surface area contributed by atoms with E-state index in [0.717, 1.165) is 16.7 Å². The van der Waals surface area contributed by atoms with Crippen LogP contribution in [0.2, 0.25) is 0 Å². The molecule has 5 rings (SSSR count). The largest absolute Gasteiger partial charge is 0.463 e. The van der Waals surface area contributed by atoms with Gasteiger partial charge in [-0.3, -0.25) is 0 Å². The van der Waals surface area contributed by atoms with E-state index in [0.29, 0.717) is 12.4 Å². The van der Waals surface area contributed by atoms with E-state index in [2.05, 4.69) is 5.32 Å². The average Bonchev–Trinajstić information content (AvgIpc) is 3.08. The molecule has 0 aromatic heterocycles. The molecule has 5 atom stereocenters. The maximum atomic E-state index is 13.1. The third-order valence-electron chi connectivity index (χ3n) is 7.26. The molecule has 1 aliphatic rings. The second-order valence-electron chi connectivity index (χ2n) is 10.9. The molecule has 1 aliphatic heterocycles. The van der Waals surface area contributed by atoms with Crippen molar-refractivity contribution in [2.45, 2.75) is 54.3 Å². The van der Waals surface area contributed by atoms with Gasteiger partial charge in [0.05, 0.1) is 26.4 Å². The lowest BCUT2D eigenvalue weighted by atomic mass is 9.96. The van der Waals surface area contributed by atoms with E-state index >= 15 is 0 Å². The molecule has 4 aromatic rings. The molecule has 0 bridgehead atoms. The number of alkyl halides is 3. The molecule has 47 heavy (non-hydrogen) atoms. The molecule has 8 nitrogen and oxygen atoms in total. The molecule has 0 saturated carbocycles. The minimum atomic E-state index is -1.80. The van der Waals surface area contributed by atoms with Crippen LogP contribution >= 0.6 is 34.8 Å². The fourth-order valence-electron chi connectivity index (χ4n) is 5.05. The van der Waals surface area contributed by atoms with Gasteiger partial charge in [0.25, 0.3) is 0 Å². The second-order valence-corrected chi connectivity index (χ2v) is 13.4. The molecule has 1 saturated heterocycles. The van der Waals surface area contributed by atoms with Crippen LogP contribution in [0.15, 0.2) is 121 Å². The fourth-order valence-corrected chi connectivity index (χ4v) is 5.21. The van der Waals surface area contributed by atoms with Crippen molar-refractivity contribution in [3.05, 3.63) is 138 Å². The van der Waals surface area contributed by atoms with Gasteiger partial charge in [-0.1, -0.05) is 144 Å². The molecule has 11 heteroatoms. The summed E-state index contributed by atoms with van der Waals surface area (Å²) < 4.78 is 35.7. The van der Waals surface area contributed by atoms with Crippen LogP contribution < -0.4 is 10.1 Å². The van der Waals surface area contributed by atoms with Crippen LogP contribution in [0, 0.1) is 0 Å². The van der Waals surface area contributed by atoms with E-state index in [1.54, 1.807) is 12.1 Å². The number of nitrogens with one attached hydrogen (secondary N) is 1. The van der Waals surface area contributed by atoms with Crippen molar-refractivity contribution in [2.75, 3.05) is 13.2 Å². The Morgan fingerprint density at radius 3 is 1.70 bits per heavy atom. The average molecular weight is 701 g/mol. The Bertz CT molecular complexity index is 1480. The third kappa shape index (κ3) is 11.4. The van der Waals surface area contributed by atoms with Crippen LogP contribution in [0.5, 0.6) is 5.75 Å². The Morgan fingerprint density at radius 2 is 1.17 bits per heavy atom. The van der Waals surface area contributed by atoms with Crippen LogP contribution in [0.3, 0.4) is 0 Å². The summed E-state index contributed by atoms with van der Waals surface area (Å²) in [6.07, 6.45) is -4.07. The maximum absolute atomic E-state index is 13.1. The number of rotatable bonds is 14. The van der Waals surface area contributed by atoms with E-state index in [1.165, 1.54) is 0 Å². The van der Waals surface area contributed by atoms with Crippen molar-refractivity contribution in [2.24, 2.45) is 0 Å². The lowest BCUT2D eigenvalue weighted by Gasteiger charge is -2.46. The molecule has 0 radical (unpaired) electrons. The molecule has 4 aromatic carbocycles. The summed E-state index contributed by atoms with van der Waals surface area (Å²) >= 11 is 17.6. The summed E-state index contributed by atoms with van der Waals surface area (Å²) in [5.74, 6) is 0.522. The monoisotopic (exact) mass is 699 g/mol. The van der Waals surface area contributed by atoms with Gasteiger partial charge in [0.1, 0.15) is 36.7 Å². The second kappa shape index (κ2) is 17.7. The van der Waals surface area contributed by atoms with Crippen molar-refractivity contribution >= 4 is 40.9 Å². The zero-order valence-corrected chi connectivity index (χ0v) is 27.7. The first kappa shape index (κ1) is 35.0. The van der Waals surface area contributed by atoms with Gasteiger partial charge < -0.3 is 33.7 Å². The van der Waals surface area contributed by atoms with E-state index < -0.39 is 47.1 Å². The standard InChI is InChI=1S/C36H36Cl3NO7/c37-36(38,39)25-45-35(41)40-31-33(44-23-28-17-9-3-10-18-28)32(43-22-27-15-7-2-8-16-27)30(24-42-21-26-13-5-1-6-14-26)47-34(31)46-29-19-11-4-12-20-29/h1-20,30-34H,21-25H2,(H,40,41)/t30-,31-,32-,33-,34+/m1/s1. The normalized spacial score (nSPS) is 21.1. The van der Waals surface area contributed by atoms with Crippen LogP contribution in [0.1, 0.15) is 16.7 Å². The van der Waals surface area contributed by atoms with Crippen LogP contribution in [-0.4, -0.2) is 53.7 Å². The van der Waals surface area contributed by atoms with Crippen molar-refractivity contribution in [3.63, 3.8) is 0 Å². The Kier molecular flexibility index (Phi) is 13.2. The van der Waals surface area contributed by atoms with Crippen LogP contribution in [0.25, 0.3) is 0 Å². The summed E-state index contributed by atoms with van der Waals surface area (Å²) in [4.78, 5) is 13.1. The predicted molar refractivity (Wildman–Crippen MR) is 180 cm³/mol. The summed E-state index contributed by atoms with van der Waals surface area (Å²) in [5, 5.41) is 2.85. The zero-order chi connectivity index (χ0) is 32.9. The number of hydrogen-bond acceptors (Lipinski definition) is 7. The molecule has 1 heterocycles. The van der Waals surface area contributed by atoms with Crippen LogP contribution in [0.4, 0.5) is 4.79 Å². The Morgan fingerprint density at radius 1 is 0.681 bits per heavy atom. The van der Waals surface area contributed by atoms with Gasteiger partial charge in [0.15, 0.2) is 0 Å². The van der Waals surface area contributed by atoms with Crippen molar-refractivity contribution in [1.82, 2.24) is 5.32 Å². The number of para-hydroxylation sites is 1. The third-order valence-corrected chi connectivity index (χ3v) is 7.58. The van der Waals surface area contributed by atoms with Crippen molar-refractivity contribution < 1.29 is 33.2 Å². The molecule has 1 fully saturated rings. The van der Waals surface area contributed by atoms with Gasteiger partial charge in [-0.05, 0) is 28.8 Å². The van der Waals surface area contributed by atoms with Crippen LogP contribution in [-0.2, 0) is 43.5 Å². The lowest BCUT2D eigenvalue weighted by Crippen LogP contribution is -2.67. The van der Waals surface area contributed by atoms with Gasteiger partial charge in [-0.15, -0.1) is 0 Å². The summed E-state index contributed by atoms with van der Waals surface area (Å²) in [7, 11) is 0. The SMILES string of the molecule is O=C(N[C@H]1[C@@H](Oc2ccccc2)O[C@H](COCc2ccccc2)[C@@H](OCc2ccccc2)[C@@H]1OCc1ccccc1)OCC(Cl)(Cl)Cl. The molecule has 248 valence electrons. The molecule has 0 spiro atoms. The number of benzene rings is 4. The quantitative estimate of drug-likeness (QED) is 0.135. The highest BCUT2D eigenvalue weighted by Crippen LogP contribution is 2.31. The number of amides is 1. The molecule has 1 amide bonds. The zero-order valence-electron chi connectivity index (χ0n) is 25.5. The molecular formula is C36H36Cl3NO7. The highest BCUT2D eigenvalue weighted by atomic mass is 35.6. The molecule has 0 unspecified atom stereocenters. The highest BCUT2D eigenvalue weighted by Gasteiger charge is 2.50. The first-order chi connectivity index (χ1) is 22.8. The topological polar surface area (TPSA) is 84.5 Å². The maximum Gasteiger partial charge on any atom is 0.407 e. The molecule has 1 N–H and O–H groups in total. The summed E-state index contributed by atoms with van der Waals surface area (Å²) in [6, 6.07) is 37.5. The van der Waals surface area contributed by atoms with Crippen molar-refractivity contribution in [1.29, 1.82) is 0 Å². The van der Waals surface area contributed by atoms with Gasteiger partial charge in [0.2, 0.25) is 10.1 Å². The number of alkyl carbamates (subject to hydrolysis) is 1.